The third kappa shape index (κ3) is 5.93. The van der Waals surface area contributed by atoms with Crippen LogP contribution in [0.4, 0.5) is 0 Å². The molecule has 0 aromatic rings. The minimum Gasteiger partial charge on any atom is -0.297 e. The Bertz CT molecular complexity index is 119. The minimum atomic E-state index is 0.664. The second kappa shape index (κ2) is 8.08. The smallest absolute Gasteiger partial charge is 0.0127 e. The first-order valence-corrected chi connectivity index (χ1v) is 7.05. The van der Waals surface area contributed by atoms with E-state index in [0.29, 0.717) is 6.04 Å². The van der Waals surface area contributed by atoms with E-state index in [2.05, 4.69) is 41.5 Å². The maximum Gasteiger partial charge on any atom is 0.0127 e. The number of nitrogens with one attached hydrogen (secondary N) is 1. The van der Waals surface area contributed by atoms with Crippen molar-refractivity contribution in [3.05, 3.63) is 0 Å². The Morgan fingerprint density at radius 3 is 2.31 bits per heavy atom. The fourth-order valence-electron chi connectivity index (χ4n) is 1.41. The van der Waals surface area contributed by atoms with Crippen LogP contribution in [0.25, 0.3) is 0 Å². The first kappa shape index (κ1) is 13.7. The van der Waals surface area contributed by atoms with Crippen molar-refractivity contribution in [3.63, 3.8) is 0 Å². The maximum absolute atomic E-state index is 3.35. The Labute approximate surface area is 90.1 Å². The molecule has 1 N–H and O–H groups in total. The zero-order chi connectivity index (χ0) is 10.3. The van der Waals surface area contributed by atoms with Crippen LogP contribution in [0.2, 0.25) is 0 Å². The Balaban J connectivity index is 3.73. The number of hydrogen-bond donors (Lipinski definition) is 1. The fraction of sp³-hybridized carbons (Fsp3) is 1.00. The van der Waals surface area contributed by atoms with Gasteiger partial charge in [-0.15, -0.1) is 0 Å². The molecule has 3 atom stereocenters. The molecule has 0 aromatic heterocycles. The average molecular weight is 221 g/mol. The SMILES string of the molecule is CSCCCC(NP)C(C)C(C)C. The molecule has 0 aliphatic carbocycles. The zero-order valence-electron chi connectivity index (χ0n) is 9.34. The van der Waals surface area contributed by atoms with Gasteiger partial charge in [0, 0.05) is 6.04 Å². The van der Waals surface area contributed by atoms with Crippen molar-refractivity contribution in [3.8, 4) is 0 Å². The van der Waals surface area contributed by atoms with Crippen LogP contribution in [0.1, 0.15) is 33.6 Å². The molecule has 0 saturated heterocycles. The molecule has 0 saturated carbocycles. The molecule has 0 radical (unpaired) electrons. The molecule has 80 valence electrons. The zero-order valence-corrected chi connectivity index (χ0v) is 11.3. The highest BCUT2D eigenvalue weighted by Gasteiger charge is 2.17. The second-order valence-electron chi connectivity index (χ2n) is 4.01. The Morgan fingerprint density at radius 1 is 1.31 bits per heavy atom. The lowest BCUT2D eigenvalue weighted by Gasteiger charge is -2.26. The average Bonchev–Trinajstić information content (AvgIpc) is 2.11. The highest BCUT2D eigenvalue weighted by molar-refractivity contribution is 7.98. The summed E-state index contributed by atoms with van der Waals surface area (Å²) in [6.45, 7) is 6.94. The van der Waals surface area contributed by atoms with Crippen molar-refractivity contribution in [2.45, 2.75) is 39.7 Å². The molecule has 0 aliphatic rings. The third-order valence-electron chi connectivity index (χ3n) is 2.76. The van der Waals surface area contributed by atoms with Crippen LogP contribution in [-0.2, 0) is 0 Å². The first-order valence-electron chi connectivity index (χ1n) is 5.08. The Kier molecular flexibility index (Phi) is 8.54. The topological polar surface area (TPSA) is 12.0 Å². The van der Waals surface area contributed by atoms with Gasteiger partial charge in [0.15, 0.2) is 0 Å². The van der Waals surface area contributed by atoms with Crippen molar-refractivity contribution in [1.82, 2.24) is 5.09 Å². The first-order chi connectivity index (χ1) is 6.13. The molecule has 0 heterocycles. The van der Waals surface area contributed by atoms with Crippen LogP contribution in [0, 0.1) is 11.8 Å². The van der Waals surface area contributed by atoms with Crippen molar-refractivity contribution < 1.29 is 0 Å². The normalized spacial score (nSPS) is 16.2. The van der Waals surface area contributed by atoms with Crippen LogP contribution in [0.3, 0.4) is 0 Å². The van der Waals surface area contributed by atoms with E-state index in [1.807, 2.05) is 11.8 Å². The molecule has 3 heteroatoms. The van der Waals surface area contributed by atoms with Gasteiger partial charge in [0.2, 0.25) is 0 Å². The van der Waals surface area contributed by atoms with Gasteiger partial charge in [0.1, 0.15) is 0 Å². The van der Waals surface area contributed by atoms with Gasteiger partial charge in [0.05, 0.1) is 0 Å². The Morgan fingerprint density at radius 2 is 1.92 bits per heavy atom. The molecule has 0 aromatic carbocycles. The molecule has 0 aliphatic heterocycles. The summed E-state index contributed by atoms with van der Waals surface area (Å²) in [5.41, 5.74) is 0. The Hall–Kier alpha value is 0.740. The highest BCUT2D eigenvalue weighted by Crippen LogP contribution is 2.19. The van der Waals surface area contributed by atoms with E-state index in [1.165, 1.54) is 18.6 Å². The minimum absolute atomic E-state index is 0.664. The standard InChI is InChI=1S/C10H24NPS/c1-8(2)9(3)10(11-12)6-5-7-13-4/h8-11H,5-7,12H2,1-4H3. The number of hydrogen-bond acceptors (Lipinski definition) is 2. The largest absolute Gasteiger partial charge is 0.297 e. The van der Waals surface area contributed by atoms with Crippen LogP contribution >= 0.6 is 21.2 Å². The maximum atomic E-state index is 3.35. The molecule has 0 fully saturated rings. The summed E-state index contributed by atoms with van der Waals surface area (Å²) >= 11 is 1.94. The lowest BCUT2D eigenvalue weighted by atomic mass is 9.88. The lowest BCUT2D eigenvalue weighted by Crippen LogP contribution is -2.31. The summed E-state index contributed by atoms with van der Waals surface area (Å²) in [7, 11) is 2.66. The number of rotatable bonds is 7. The highest BCUT2D eigenvalue weighted by atomic mass is 32.2. The molecule has 3 unspecified atom stereocenters. The summed E-state index contributed by atoms with van der Waals surface area (Å²) in [5.74, 6) is 2.82. The van der Waals surface area contributed by atoms with E-state index in [0.717, 1.165) is 11.8 Å². The van der Waals surface area contributed by atoms with Crippen LogP contribution < -0.4 is 5.09 Å². The van der Waals surface area contributed by atoms with E-state index in [1.54, 1.807) is 0 Å². The van der Waals surface area contributed by atoms with Gasteiger partial charge in [0.25, 0.3) is 0 Å². The van der Waals surface area contributed by atoms with Gasteiger partial charge < -0.3 is 0 Å². The summed E-state index contributed by atoms with van der Waals surface area (Å²) in [6.07, 6.45) is 4.79. The van der Waals surface area contributed by atoms with Crippen molar-refractivity contribution in [2.75, 3.05) is 12.0 Å². The molecule has 1 nitrogen and oxygen atoms in total. The quantitative estimate of drug-likeness (QED) is 0.523. The van der Waals surface area contributed by atoms with Crippen LogP contribution in [0.15, 0.2) is 0 Å². The molecule has 0 amide bonds. The lowest BCUT2D eigenvalue weighted by molar-refractivity contribution is 0.318. The molecule has 0 rings (SSSR count). The predicted molar refractivity (Wildman–Crippen MR) is 68.3 cm³/mol. The van der Waals surface area contributed by atoms with Gasteiger partial charge in [-0.2, -0.15) is 11.8 Å². The fourth-order valence-corrected chi connectivity index (χ4v) is 2.34. The van der Waals surface area contributed by atoms with Gasteiger partial charge >= 0.3 is 0 Å². The van der Waals surface area contributed by atoms with Crippen LogP contribution in [-0.4, -0.2) is 18.1 Å². The van der Waals surface area contributed by atoms with Crippen molar-refractivity contribution in [2.24, 2.45) is 11.8 Å². The summed E-state index contributed by atoms with van der Waals surface area (Å²) in [4.78, 5) is 0. The van der Waals surface area contributed by atoms with E-state index in [-0.39, 0.29) is 0 Å². The van der Waals surface area contributed by atoms with Crippen LogP contribution in [0.5, 0.6) is 0 Å². The van der Waals surface area contributed by atoms with Gasteiger partial charge in [-0.25, -0.2) is 0 Å². The van der Waals surface area contributed by atoms with Crippen molar-refractivity contribution in [1.29, 1.82) is 0 Å². The molecular formula is C10H24NPS. The summed E-state index contributed by atoms with van der Waals surface area (Å²) in [6, 6.07) is 0.664. The summed E-state index contributed by atoms with van der Waals surface area (Å²) in [5, 5.41) is 3.35. The van der Waals surface area contributed by atoms with E-state index in [4.69, 9.17) is 0 Å². The van der Waals surface area contributed by atoms with E-state index < -0.39 is 0 Å². The van der Waals surface area contributed by atoms with E-state index >= 15 is 0 Å². The van der Waals surface area contributed by atoms with Gasteiger partial charge in [-0.05, 0) is 36.7 Å². The summed E-state index contributed by atoms with van der Waals surface area (Å²) < 4.78 is 0. The predicted octanol–water partition coefficient (Wildman–Crippen LogP) is 3.17. The molecule has 0 spiro atoms. The molecule has 0 bridgehead atoms. The number of thioether (sulfide) groups is 1. The molecular weight excluding hydrogens is 197 g/mol. The van der Waals surface area contributed by atoms with Crippen molar-refractivity contribution >= 4 is 21.2 Å². The van der Waals surface area contributed by atoms with Gasteiger partial charge in [-0.3, -0.25) is 5.09 Å². The van der Waals surface area contributed by atoms with E-state index in [9.17, 15) is 0 Å². The molecule has 13 heavy (non-hydrogen) atoms. The monoisotopic (exact) mass is 221 g/mol. The second-order valence-corrected chi connectivity index (χ2v) is 5.33. The van der Waals surface area contributed by atoms with Gasteiger partial charge in [-0.1, -0.05) is 30.2 Å². The third-order valence-corrected chi connectivity index (χ3v) is 3.89.